The van der Waals surface area contributed by atoms with E-state index in [0.717, 1.165) is 57.9 Å². The maximum absolute atomic E-state index is 12.3. The molecule has 0 bridgehead atoms. The zero-order chi connectivity index (χ0) is 20.3. The van der Waals surface area contributed by atoms with E-state index in [1.165, 1.54) is 5.56 Å². The fourth-order valence-electron chi connectivity index (χ4n) is 3.54. The van der Waals surface area contributed by atoms with Crippen molar-refractivity contribution in [3.8, 4) is 0 Å². The van der Waals surface area contributed by atoms with Gasteiger partial charge in [-0.15, -0.1) is 10.2 Å². The fourth-order valence-corrected chi connectivity index (χ4v) is 3.54. The number of hydrogen-bond acceptors (Lipinski definition) is 4. The molecule has 1 aliphatic rings. The molecular formula is C21H31N7O. The highest BCUT2D eigenvalue weighted by Gasteiger charge is 2.29. The molecule has 1 aliphatic heterocycles. The van der Waals surface area contributed by atoms with Crippen molar-refractivity contribution < 1.29 is 4.79 Å². The maximum Gasteiger partial charge on any atom is 0.223 e. The Kier molecular flexibility index (Phi) is 8.03. The Morgan fingerprint density at radius 1 is 1.14 bits per heavy atom. The molecule has 1 atom stereocenters. The summed E-state index contributed by atoms with van der Waals surface area (Å²) in [4.78, 5) is 18.6. The Hall–Kier alpha value is -2.90. The van der Waals surface area contributed by atoms with Crippen molar-refractivity contribution in [2.45, 2.75) is 32.2 Å². The van der Waals surface area contributed by atoms with E-state index in [0.29, 0.717) is 12.3 Å². The Bertz CT molecular complexity index is 761. The van der Waals surface area contributed by atoms with Gasteiger partial charge in [-0.3, -0.25) is 9.79 Å². The molecule has 1 unspecified atom stereocenters. The molecule has 2 aromatic rings. The second kappa shape index (κ2) is 11.2. The number of nitrogens with zero attached hydrogens (tertiary/aromatic N) is 5. The van der Waals surface area contributed by atoms with Crippen LogP contribution < -0.4 is 10.6 Å². The van der Waals surface area contributed by atoms with Crippen molar-refractivity contribution in [2.75, 3.05) is 33.2 Å². The van der Waals surface area contributed by atoms with Crippen molar-refractivity contribution >= 4 is 11.9 Å². The standard InChI is InChI=1S/C21H31N7O/c1-22-21(23-10-5-6-11-27-16-25-26-17-27)24-14-19-13-20(29)28(15-19)12-9-18-7-3-2-4-8-18/h2-4,7-8,16-17,19H,5-6,9-15H2,1H3,(H2,22,23,24). The third-order valence-corrected chi connectivity index (χ3v) is 5.19. The van der Waals surface area contributed by atoms with Gasteiger partial charge in [-0.2, -0.15) is 0 Å². The minimum atomic E-state index is 0.254. The summed E-state index contributed by atoms with van der Waals surface area (Å²) in [5.74, 6) is 1.37. The van der Waals surface area contributed by atoms with Gasteiger partial charge in [-0.1, -0.05) is 30.3 Å². The summed E-state index contributed by atoms with van der Waals surface area (Å²) in [5.41, 5.74) is 1.27. The second-order valence-electron chi connectivity index (χ2n) is 7.43. The van der Waals surface area contributed by atoms with Crippen LogP contribution in [0.3, 0.4) is 0 Å². The summed E-state index contributed by atoms with van der Waals surface area (Å²) >= 11 is 0. The summed E-state index contributed by atoms with van der Waals surface area (Å²) in [5, 5.41) is 14.3. The van der Waals surface area contributed by atoms with E-state index < -0.39 is 0 Å². The molecule has 0 radical (unpaired) electrons. The lowest BCUT2D eigenvalue weighted by molar-refractivity contribution is -0.127. The first kappa shape index (κ1) is 20.8. The average Bonchev–Trinajstić information content (AvgIpc) is 3.39. The minimum absolute atomic E-state index is 0.254. The third-order valence-electron chi connectivity index (χ3n) is 5.19. The number of guanidine groups is 1. The summed E-state index contributed by atoms with van der Waals surface area (Å²) < 4.78 is 1.98. The minimum Gasteiger partial charge on any atom is -0.356 e. The first-order valence-electron chi connectivity index (χ1n) is 10.3. The van der Waals surface area contributed by atoms with Crippen LogP contribution in [0.25, 0.3) is 0 Å². The van der Waals surface area contributed by atoms with Gasteiger partial charge < -0.3 is 20.1 Å². The van der Waals surface area contributed by atoms with Crippen LogP contribution in [0, 0.1) is 5.92 Å². The van der Waals surface area contributed by atoms with Gasteiger partial charge in [-0.25, -0.2) is 0 Å². The molecule has 8 nitrogen and oxygen atoms in total. The van der Waals surface area contributed by atoms with Gasteiger partial charge in [0.1, 0.15) is 12.7 Å². The lowest BCUT2D eigenvalue weighted by Gasteiger charge is -2.18. The Labute approximate surface area is 172 Å². The second-order valence-corrected chi connectivity index (χ2v) is 7.43. The highest BCUT2D eigenvalue weighted by Crippen LogP contribution is 2.17. The van der Waals surface area contributed by atoms with Gasteiger partial charge in [0.05, 0.1) is 0 Å². The van der Waals surface area contributed by atoms with E-state index in [2.05, 4.69) is 38.0 Å². The largest absolute Gasteiger partial charge is 0.356 e. The number of unbranched alkanes of at least 4 members (excludes halogenated alkanes) is 1. The van der Waals surface area contributed by atoms with Crippen LogP contribution in [0.1, 0.15) is 24.8 Å². The van der Waals surface area contributed by atoms with Crippen molar-refractivity contribution in [1.82, 2.24) is 30.3 Å². The molecule has 1 fully saturated rings. The van der Waals surface area contributed by atoms with Crippen LogP contribution in [0.15, 0.2) is 48.0 Å². The highest BCUT2D eigenvalue weighted by atomic mass is 16.2. The number of aliphatic imine (C=N–C) groups is 1. The van der Waals surface area contributed by atoms with Gasteiger partial charge >= 0.3 is 0 Å². The number of carbonyl (C=O) groups is 1. The Morgan fingerprint density at radius 2 is 1.93 bits per heavy atom. The van der Waals surface area contributed by atoms with Crippen LogP contribution in [0.4, 0.5) is 0 Å². The number of hydrogen-bond donors (Lipinski definition) is 2. The van der Waals surface area contributed by atoms with Gasteiger partial charge in [-0.05, 0) is 24.8 Å². The molecule has 1 aromatic carbocycles. The predicted molar refractivity (Wildman–Crippen MR) is 113 cm³/mol. The summed E-state index contributed by atoms with van der Waals surface area (Å²) in [6.07, 6.45) is 7.08. The number of rotatable bonds is 10. The van der Waals surface area contributed by atoms with Crippen molar-refractivity contribution in [1.29, 1.82) is 0 Å². The fraction of sp³-hybridized carbons (Fsp3) is 0.524. The van der Waals surface area contributed by atoms with Crippen LogP contribution in [-0.4, -0.2) is 64.8 Å². The van der Waals surface area contributed by atoms with Crippen LogP contribution in [0.2, 0.25) is 0 Å². The zero-order valence-corrected chi connectivity index (χ0v) is 17.1. The number of nitrogens with one attached hydrogen (secondary N) is 2. The van der Waals surface area contributed by atoms with Gasteiger partial charge in [0.25, 0.3) is 0 Å². The van der Waals surface area contributed by atoms with Crippen molar-refractivity contribution in [2.24, 2.45) is 10.9 Å². The van der Waals surface area contributed by atoms with E-state index in [1.54, 1.807) is 19.7 Å². The number of likely N-dealkylation sites (tertiary alicyclic amines) is 1. The van der Waals surface area contributed by atoms with E-state index in [1.807, 2.05) is 27.7 Å². The first-order valence-corrected chi connectivity index (χ1v) is 10.3. The topological polar surface area (TPSA) is 87.4 Å². The lowest BCUT2D eigenvalue weighted by Crippen LogP contribution is -2.40. The molecule has 1 saturated heterocycles. The SMILES string of the molecule is CN=C(NCCCCn1cnnc1)NCC1CC(=O)N(CCc2ccccc2)C1. The van der Waals surface area contributed by atoms with Crippen LogP contribution in [-0.2, 0) is 17.8 Å². The summed E-state index contributed by atoms with van der Waals surface area (Å²) in [7, 11) is 1.78. The average molecular weight is 398 g/mol. The summed E-state index contributed by atoms with van der Waals surface area (Å²) in [6, 6.07) is 10.3. The predicted octanol–water partition coefficient (Wildman–Crippen LogP) is 1.31. The number of benzene rings is 1. The van der Waals surface area contributed by atoms with E-state index in [4.69, 9.17) is 0 Å². The Balaban J connectivity index is 1.30. The van der Waals surface area contributed by atoms with Gasteiger partial charge in [0.2, 0.25) is 5.91 Å². The van der Waals surface area contributed by atoms with E-state index >= 15 is 0 Å². The molecule has 156 valence electrons. The molecule has 2 N–H and O–H groups in total. The molecule has 0 aliphatic carbocycles. The molecular weight excluding hydrogens is 366 g/mol. The summed E-state index contributed by atoms with van der Waals surface area (Å²) in [6.45, 7) is 4.14. The van der Waals surface area contributed by atoms with E-state index in [-0.39, 0.29) is 5.91 Å². The molecule has 1 amide bonds. The number of aryl methyl sites for hydroxylation is 1. The quantitative estimate of drug-likeness (QED) is 0.359. The van der Waals surface area contributed by atoms with Crippen molar-refractivity contribution in [3.63, 3.8) is 0 Å². The molecule has 29 heavy (non-hydrogen) atoms. The number of amides is 1. The normalized spacial score (nSPS) is 17.0. The molecule has 0 spiro atoms. The van der Waals surface area contributed by atoms with E-state index in [9.17, 15) is 4.79 Å². The zero-order valence-electron chi connectivity index (χ0n) is 17.1. The van der Waals surface area contributed by atoms with Gasteiger partial charge in [0, 0.05) is 52.1 Å². The van der Waals surface area contributed by atoms with Crippen LogP contribution >= 0.6 is 0 Å². The van der Waals surface area contributed by atoms with Gasteiger partial charge in [0.15, 0.2) is 5.96 Å². The maximum atomic E-state index is 12.3. The Morgan fingerprint density at radius 3 is 2.69 bits per heavy atom. The molecule has 2 heterocycles. The monoisotopic (exact) mass is 397 g/mol. The molecule has 1 aromatic heterocycles. The smallest absolute Gasteiger partial charge is 0.223 e. The number of carbonyl (C=O) groups excluding carboxylic acids is 1. The highest BCUT2D eigenvalue weighted by molar-refractivity contribution is 5.80. The third kappa shape index (κ3) is 6.89. The van der Waals surface area contributed by atoms with Crippen molar-refractivity contribution in [3.05, 3.63) is 48.5 Å². The van der Waals surface area contributed by atoms with Crippen LogP contribution in [0.5, 0.6) is 0 Å². The molecule has 0 saturated carbocycles. The molecule has 3 rings (SSSR count). The number of aromatic nitrogens is 3. The molecule has 8 heteroatoms. The lowest BCUT2D eigenvalue weighted by atomic mass is 10.1. The first-order chi connectivity index (χ1) is 14.2.